The van der Waals surface area contributed by atoms with Crippen molar-refractivity contribution in [1.82, 2.24) is 10.3 Å². The van der Waals surface area contributed by atoms with Gasteiger partial charge in [0.25, 0.3) is 0 Å². The van der Waals surface area contributed by atoms with E-state index in [1.54, 1.807) is 11.3 Å². The van der Waals surface area contributed by atoms with Gasteiger partial charge in [-0.05, 0) is 25.7 Å². The van der Waals surface area contributed by atoms with Crippen molar-refractivity contribution < 1.29 is 9.90 Å². The first-order valence-corrected chi connectivity index (χ1v) is 7.91. The first-order valence-electron chi connectivity index (χ1n) is 6.46. The number of hydrogen-bond donors (Lipinski definition) is 4. The molecular weight excluding hydrogens is 282 g/mol. The van der Waals surface area contributed by atoms with Gasteiger partial charge in [0.1, 0.15) is 0 Å². The van der Waals surface area contributed by atoms with E-state index in [-0.39, 0.29) is 25.1 Å². The van der Waals surface area contributed by atoms with Crippen LogP contribution in [0, 0.1) is 0 Å². The number of carbonyl (C=O) groups excluding carboxylic acids is 1. The van der Waals surface area contributed by atoms with E-state index in [1.165, 1.54) is 17.7 Å². The fourth-order valence-corrected chi connectivity index (χ4v) is 3.30. The van der Waals surface area contributed by atoms with Crippen LogP contribution in [-0.4, -0.2) is 40.9 Å². The van der Waals surface area contributed by atoms with Crippen molar-refractivity contribution in [2.75, 3.05) is 24.2 Å². The van der Waals surface area contributed by atoms with E-state index in [0.29, 0.717) is 10.9 Å². The highest BCUT2D eigenvalue weighted by Gasteiger charge is 2.16. The molecule has 1 aromatic heterocycles. The van der Waals surface area contributed by atoms with Gasteiger partial charge in [0.05, 0.1) is 18.8 Å². The first-order chi connectivity index (χ1) is 9.22. The SMILES string of the molecule is O=C(CNC(CO)CS)Nc1nc2c(s1)CCCC2. The Morgan fingerprint density at radius 1 is 1.47 bits per heavy atom. The number of aromatic nitrogens is 1. The molecule has 2 rings (SSSR count). The normalized spacial score (nSPS) is 15.9. The highest BCUT2D eigenvalue weighted by Crippen LogP contribution is 2.29. The van der Waals surface area contributed by atoms with Crippen LogP contribution < -0.4 is 10.6 Å². The fraction of sp³-hybridized carbons (Fsp3) is 0.667. The van der Waals surface area contributed by atoms with Crippen molar-refractivity contribution in [3.05, 3.63) is 10.6 Å². The van der Waals surface area contributed by atoms with Crippen molar-refractivity contribution in [2.45, 2.75) is 31.7 Å². The zero-order valence-corrected chi connectivity index (χ0v) is 12.4. The summed E-state index contributed by atoms with van der Waals surface area (Å²) in [6.07, 6.45) is 4.50. The summed E-state index contributed by atoms with van der Waals surface area (Å²) in [5.41, 5.74) is 1.14. The lowest BCUT2D eigenvalue weighted by molar-refractivity contribution is -0.115. The van der Waals surface area contributed by atoms with Gasteiger partial charge in [0.2, 0.25) is 5.91 Å². The summed E-state index contributed by atoms with van der Waals surface area (Å²) < 4.78 is 0. The molecule has 0 fully saturated rings. The van der Waals surface area contributed by atoms with Gasteiger partial charge in [-0.3, -0.25) is 4.79 Å². The molecule has 0 aromatic carbocycles. The molecule has 0 bridgehead atoms. The van der Waals surface area contributed by atoms with E-state index in [2.05, 4.69) is 28.2 Å². The predicted octanol–water partition coefficient (Wildman–Crippen LogP) is 0.841. The van der Waals surface area contributed by atoms with E-state index in [9.17, 15) is 4.79 Å². The average Bonchev–Trinajstić information content (AvgIpc) is 2.81. The number of anilines is 1. The summed E-state index contributed by atoms with van der Waals surface area (Å²) in [6, 6.07) is -0.154. The number of nitrogens with one attached hydrogen (secondary N) is 2. The van der Waals surface area contributed by atoms with Crippen molar-refractivity contribution in [3.63, 3.8) is 0 Å². The number of carbonyl (C=O) groups is 1. The Hall–Kier alpha value is -0.630. The lowest BCUT2D eigenvalue weighted by Gasteiger charge is -2.12. The van der Waals surface area contributed by atoms with Crippen LogP contribution in [0.25, 0.3) is 0 Å². The Morgan fingerprint density at radius 2 is 2.26 bits per heavy atom. The third-order valence-electron chi connectivity index (χ3n) is 3.08. The molecule has 1 aliphatic carbocycles. The molecule has 0 aliphatic heterocycles. The number of aryl methyl sites for hydroxylation is 2. The van der Waals surface area contributed by atoms with Crippen LogP contribution in [0.15, 0.2) is 0 Å². The Morgan fingerprint density at radius 3 is 2.95 bits per heavy atom. The summed E-state index contributed by atoms with van der Waals surface area (Å²) in [7, 11) is 0. The maximum atomic E-state index is 11.7. The highest BCUT2D eigenvalue weighted by molar-refractivity contribution is 7.80. The fourth-order valence-electron chi connectivity index (χ4n) is 1.99. The molecule has 0 saturated heterocycles. The molecule has 1 aromatic rings. The monoisotopic (exact) mass is 301 g/mol. The zero-order chi connectivity index (χ0) is 13.7. The van der Waals surface area contributed by atoms with Crippen LogP contribution >= 0.6 is 24.0 Å². The van der Waals surface area contributed by atoms with Crippen molar-refractivity contribution in [2.24, 2.45) is 0 Å². The molecule has 106 valence electrons. The van der Waals surface area contributed by atoms with Gasteiger partial charge in [-0.1, -0.05) is 0 Å². The molecule has 1 heterocycles. The lowest BCUT2D eigenvalue weighted by Crippen LogP contribution is -2.39. The molecule has 0 spiro atoms. The number of amides is 1. The quantitative estimate of drug-likeness (QED) is 0.588. The first kappa shape index (κ1) is 14.8. The maximum Gasteiger partial charge on any atom is 0.240 e. The van der Waals surface area contributed by atoms with Crippen molar-refractivity contribution in [1.29, 1.82) is 0 Å². The van der Waals surface area contributed by atoms with Gasteiger partial charge in [-0.25, -0.2) is 4.98 Å². The Bertz CT molecular complexity index is 409. The van der Waals surface area contributed by atoms with Gasteiger partial charge in [0, 0.05) is 16.7 Å². The summed E-state index contributed by atoms with van der Waals surface area (Å²) in [4.78, 5) is 17.5. The highest BCUT2D eigenvalue weighted by atomic mass is 32.1. The minimum Gasteiger partial charge on any atom is -0.395 e. The summed E-state index contributed by atoms with van der Waals surface area (Å²) >= 11 is 5.66. The van der Waals surface area contributed by atoms with E-state index >= 15 is 0 Å². The molecule has 1 unspecified atom stereocenters. The number of rotatable bonds is 6. The largest absolute Gasteiger partial charge is 0.395 e. The van der Waals surface area contributed by atoms with Gasteiger partial charge < -0.3 is 15.7 Å². The Balaban J connectivity index is 1.83. The molecule has 5 nitrogen and oxygen atoms in total. The van der Waals surface area contributed by atoms with Gasteiger partial charge in [-0.15, -0.1) is 11.3 Å². The summed E-state index contributed by atoms with van der Waals surface area (Å²) in [6.45, 7) is 0.137. The molecule has 7 heteroatoms. The number of aliphatic hydroxyl groups is 1. The maximum absolute atomic E-state index is 11.7. The topological polar surface area (TPSA) is 74.2 Å². The van der Waals surface area contributed by atoms with Crippen LogP contribution in [0.5, 0.6) is 0 Å². The second-order valence-electron chi connectivity index (χ2n) is 4.59. The zero-order valence-electron chi connectivity index (χ0n) is 10.7. The number of aliphatic hydroxyl groups excluding tert-OH is 1. The van der Waals surface area contributed by atoms with Gasteiger partial charge >= 0.3 is 0 Å². The number of fused-ring (bicyclic) bond motifs is 1. The molecule has 3 N–H and O–H groups in total. The lowest BCUT2D eigenvalue weighted by atomic mass is 10.0. The molecule has 1 atom stereocenters. The Labute approximate surface area is 122 Å². The van der Waals surface area contributed by atoms with E-state index in [0.717, 1.165) is 18.5 Å². The van der Waals surface area contributed by atoms with Crippen molar-refractivity contribution in [3.8, 4) is 0 Å². The standard InChI is InChI=1S/C12H19N3O2S2/c16-6-8(7-18)13-5-11(17)15-12-14-9-3-1-2-4-10(9)19-12/h8,13,16,18H,1-7H2,(H,14,15,17). The average molecular weight is 301 g/mol. The number of thiol groups is 1. The molecular formula is C12H19N3O2S2. The Kier molecular flexibility index (Phi) is 5.62. The third kappa shape index (κ3) is 4.17. The van der Waals surface area contributed by atoms with Crippen LogP contribution in [0.2, 0.25) is 0 Å². The van der Waals surface area contributed by atoms with Crippen LogP contribution in [0.4, 0.5) is 5.13 Å². The molecule has 19 heavy (non-hydrogen) atoms. The van der Waals surface area contributed by atoms with Crippen molar-refractivity contribution >= 4 is 35.0 Å². The van der Waals surface area contributed by atoms with E-state index in [1.807, 2.05) is 0 Å². The molecule has 1 amide bonds. The minimum absolute atomic E-state index is 0.0255. The van der Waals surface area contributed by atoms with Crippen LogP contribution in [0.3, 0.4) is 0 Å². The molecule has 0 radical (unpaired) electrons. The number of hydrogen-bond acceptors (Lipinski definition) is 6. The van der Waals surface area contributed by atoms with Crippen LogP contribution in [0.1, 0.15) is 23.4 Å². The van der Waals surface area contributed by atoms with Gasteiger partial charge in [-0.2, -0.15) is 12.6 Å². The predicted molar refractivity (Wildman–Crippen MR) is 80.1 cm³/mol. The number of nitrogens with zero attached hydrogens (tertiary/aromatic N) is 1. The molecule has 1 aliphatic rings. The second kappa shape index (κ2) is 7.23. The van der Waals surface area contributed by atoms with E-state index < -0.39 is 0 Å². The van der Waals surface area contributed by atoms with E-state index in [4.69, 9.17) is 5.11 Å². The summed E-state index contributed by atoms with van der Waals surface area (Å²) in [5, 5.41) is 15.4. The van der Waals surface area contributed by atoms with Crippen LogP contribution in [-0.2, 0) is 17.6 Å². The van der Waals surface area contributed by atoms with Gasteiger partial charge in [0.15, 0.2) is 5.13 Å². The smallest absolute Gasteiger partial charge is 0.240 e. The third-order valence-corrected chi connectivity index (χ3v) is 4.60. The summed E-state index contributed by atoms with van der Waals surface area (Å²) in [5.74, 6) is 0.362. The molecule has 0 saturated carbocycles. The number of thiazole rings is 1. The second-order valence-corrected chi connectivity index (χ2v) is 6.04. The minimum atomic E-state index is -0.154.